The fraction of sp³-hybridized carbons (Fsp3) is 0.136. The van der Waals surface area contributed by atoms with E-state index >= 15 is 0 Å². The van der Waals surface area contributed by atoms with E-state index in [4.69, 9.17) is 4.74 Å². The van der Waals surface area contributed by atoms with E-state index in [1.54, 1.807) is 36.4 Å². The van der Waals surface area contributed by atoms with Gasteiger partial charge in [-0.25, -0.2) is 13.2 Å². The molecule has 0 fully saturated rings. The molecule has 0 radical (unpaired) electrons. The predicted octanol–water partition coefficient (Wildman–Crippen LogP) is 4.97. The second kappa shape index (κ2) is 7.76. The molecule has 0 aliphatic carbocycles. The number of rotatable bonds is 5. The zero-order chi connectivity index (χ0) is 19.5. The summed E-state index contributed by atoms with van der Waals surface area (Å²) in [5.41, 5.74) is 1.36. The van der Waals surface area contributed by atoms with Crippen molar-refractivity contribution in [3.8, 4) is 5.75 Å². The molecule has 3 aromatic carbocycles. The Morgan fingerprint density at radius 1 is 0.786 bits per heavy atom. The summed E-state index contributed by atoms with van der Waals surface area (Å²) in [4.78, 5) is 4.62. The predicted molar refractivity (Wildman–Crippen MR) is 101 cm³/mol. The Hall–Kier alpha value is -3.28. The molecule has 0 saturated carbocycles. The zero-order valence-corrected chi connectivity index (χ0v) is 14.8. The largest absolute Gasteiger partial charge is 0.486 e. The molecule has 4 rings (SSSR count). The van der Waals surface area contributed by atoms with Crippen molar-refractivity contribution in [1.29, 1.82) is 0 Å². The molecule has 2 atom stereocenters. The van der Waals surface area contributed by atoms with Crippen molar-refractivity contribution in [2.24, 2.45) is 4.99 Å². The summed E-state index contributed by atoms with van der Waals surface area (Å²) >= 11 is 0. The molecular formula is C22H17F3N2O. The summed E-state index contributed by atoms with van der Waals surface area (Å²) < 4.78 is 46.4. The molecule has 0 unspecified atom stereocenters. The number of ether oxygens (including phenoxy) is 1. The van der Waals surface area contributed by atoms with Crippen molar-refractivity contribution >= 4 is 5.84 Å². The van der Waals surface area contributed by atoms with Gasteiger partial charge in [0.2, 0.25) is 0 Å². The Morgan fingerprint density at radius 2 is 1.39 bits per heavy atom. The standard InChI is InChI=1S/C22H17F3N2O/c23-16-6-1-4-14(10-16)21-22(15-5-2-7-17(24)11-15)27-20(26-21)13-28-19-9-3-8-18(25)12-19/h1-12,21-22H,13H2,(H,26,27)/t21-,22+. The van der Waals surface area contributed by atoms with Crippen molar-refractivity contribution in [2.75, 3.05) is 6.61 Å². The average molecular weight is 382 g/mol. The highest BCUT2D eigenvalue weighted by molar-refractivity contribution is 5.86. The maximum Gasteiger partial charge on any atom is 0.145 e. The molecule has 0 bridgehead atoms. The third kappa shape index (κ3) is 4.01. The first-order valence-electron chi connectivity index (χ1n) is 8.81. The summed E-state index contributed by atoms with van der Waals surface area (Å²) in [5.74, 6) is -0.222. The van der Waals surface area contributed by atoms with E-state index in [0.717, 1.165) is 0 Å². The Morgan fingerprint density at radius 3 is 2.07 bits per heavy atom. The van der Waals surface area contributed by atoms with Crippen molar-refractivity contribution in [1.82, 2.24) is 5.32 Å². The van der Waals surface area contributed by atoms with Crippen LogP contribution in [0.3, 0.4) is 0 Å². The molecular weight excluding hydrogens is 365 g/mol. The maximum atomic E-state index is 13.7. The van der Waals surface area contributed by atoms with Crippen LogP contribution in [0.1, 0.15) is 23.2 Å². The van der Waals surface area contributed by atoms with Crippen LogP contribution in [0.2, 0.25) is 0 Å². The fourth-order valence-electron chi connectivity index (χ4n) is 3.25. The number of aliphatic imine (C=N–C) groups is 1. The first kappa shape index (κ1) is 18.1. The van der Waals surface area contributed by atoms with Gasteiger partial charge in [0.05, 0.1) is 6.04 Å². The molecule has 0 amide bonds. The van der Waals surface area contributed by atoms with Gasteiger partial charge in [0.15, 0.2) is 0 Å². The smallest absolute Gasteiger partial charge is 0.145 e. The van der Waals surface area contributed by atoms with Gasteiger partial charge in [0, 0.05) is 6.07 Å². The van der Waals surface area contributed by atoms with Gasteiger partial charge < -0.3 is 10.1 Å². The Kier molecular flexibility index (Phi) is 5.02. The van der Waals surface area contributed by atoms with Crippen LogP contribution >= 0.6 is 0 Å². The number of benzene rings is 3. The van der Waals surface area contributed by atoms with E-state index in [1.807, 2.05) is 0 Å². The molecule has 3 nitrogen and oxygen atoms in total. The van der Waals surface area contributed by atoms with Gasteiger partial charge in [-0.05, 0) is 47.5 Å². The number of nitrogens with zero attached hydrogens (tertiary/aromatic N) is 1. The lowest BCUT2D eigenvalue weighted by atomic mass is 9.95. The average Bonchev–Trinajstić information content (AvgIpc) is 3.11. The normalized spacial score (nSPS) is 18.5. The number of nitrogens with one attached hydrogen (secondary N) is 1. The molecule has 1 N–H and O–H groups in total. The quantitative estimate of drug-likeness (QED) is 0.676. The van der Waals surface area contributed by atoms with Crippen molar-refractivity contribution in [3.05, 3.63) is 101 Å². The Balaban J connectivity index is 1.60. The SMILES string of the molecule is Fc1cccc(OCC2=N[C@@H](c3cccc(F)c3)[C@@H](c3cccc(F)c3)N2)c1. The van der Waals surface area contributed by atoms with Crippen molar-refractivity contribution in [2.45, 2.75) is 12.1 Å². The van der Waals surface area contributed by atoms with Crippen LogP contribution < -0.4 is 10.1 Å². The van der Waals surface area contributed by atoms with Gasteiger partial charge in [0.1, 0.15) is 41.7 Å². The molecule has 6 heteroatoms. The van der Waals surface area contributed by atoms with E-state index in [-0.39, 0.29) is 24.3 Å². The number of amidine groups is 1. The van der Waals surface area contributed by atoms with Crippen LogP contribution in [-0.4, -0.2) is 12.4 Å². The summed E-state index contributed by atoms with van der Waals surface area (Å²) in [7, 11) is 0. The summed E-state index contributed by atoms with van der Waals surface area (Å²) in [6, 6.07) is 17.4. The summed E-state index contributed by atoms with van der Waals surface area (Å²) in [6.07, 6.45) is 0. The first-order chi connectivity index (χ1) is 13.6. The molecule has 1 aliphatic heterocycles. The first-order valence-corrected chi connectivity index (χ1v) is 8.81. The monoisotopic (exact) mass is 382 g/mol. The topological polar surface area (TPSA) is 33.6 Å². The lowest BCUT2D eigenvalue weighted by Crippen LogP contribution is -2.28. The van der Waals surface area contributed by atoms with E-state index < -0.39 is 11.9 Å². The maximum absolute atomic E-state index is 13.7. The Bertz CT molecular complexity index is 1020. The second-order valence-corrected chi connectivity index (χ2v) is 6.50. The van der Waals surface area contributed by atoms with Crippen LogP contribution in [0.25, 0.3) is 0 Å². The highest BCUT2D eigenvalue weighted by Crippen LogP contribution is 2.36. The van der Waals surface area contributed by atoms with Gasteiger partial charge in [-0.15, -0.1) is 0 Å². The lowest BCUT2D eigenvalue weighted by molar-refractivity contribution is 0.370. The molecule has 0 saturated heterocycles. The minimum absolute atomic E-state index is 0.0844. The molecule has 3 aromatic rings. The highest BCUT2D eigenvalue weighted by atomic mass is 19.1. The lowest BCUT2D eigenvalue weighted by Gasteiger charge is -2.20. The van der Waals surface area contributed by atoms with E-state index in [2.05, 4.69) is 10.3 Å². The van der Waals surface area contributed by atoms with Gasteiger partial charge in [-0.1, -0.05) is 30.3 Å². The molecule has 0 aromatic heterocycles. The number of hydrogen-bond donors (Lipinski definition) is 1. The summed E-state index contributed by atoms with van der Waals surface area (Å²) in [6.45, 7) is 0.0844. The van der Waals surface area contributed by atoms with Crippen LogP contribution in [-0.2, 0) is 0 Å². The molecule has 1 heterocycles. The van der Waals surface area contributed by atoms with Crippen LogP contribution in [0, 0.1) is 17.5 Å². The number of hydrogen-bond acceptors (Lipinski definition) is 3. The van der Waals surface area contributed by atoms with Gasteiger partial charge in [0.25, 0.3) is 0 Å². The third-order valence-corrected chi connectivity index (χ3v) is 4.50. The van der Waals surface area contributed by atoms with Gasteiger partial charge in [-0.2, -0.15) is 0 Å². The third-order valence-electron chi connectivity index (χ3n) is 4.50. The molecule has 1 aliphatic rings. The second-order valence-electron chi connectivity index (χ2n) is 6.50. The molecule has 28 heavy (non-hydrogen) atoms. The van der Waals surface area contributed by atoms with Gasteiger partial charge >= 0.3 is 0 Å². The number of halogens is 3. The van der Waals surface area contributed by atoms with E-state index in [9.17, 15) is 13.2 Å². The zero-order valence-electron chi connectivity index (χ0n) is 14.8. The van der Waals surface area contributed by atoms with Crippen LogP contribution in [0.5, 0.6) is 5.75 Å². The Labute approximate surface area is 160 Å². The highest BCUT2D eigenvalue weighted by Gasteiger charge is 2.31. The van der Waals surface area contributed by atoms with Crippen LogP contribution in [0.15, 0.2) is 77.8 Å². The van der Waals surface area contributed by atoms with Gasteiger partial charge in [-0.3, -0.25) is 4.99 Å². The minimum atomic E-state index is -0.441. The van der Waals surface area contributed by atoms with E-state index in [1.165, 1.54) is 36.4 Å². The summed E-state index contributed by atoms with van der Waals surface area (Å²) in [5, 5.41) is 3.23. The van der Waals surface area contributed by atoms with Crippen molar-refractivity contribution in [3.63, 3.8) is 0 Å². The fourth-order valence-corrected chi connectivity index (χ4v) is 3.25. The molecule has 0 spiro atoms. The van der Waals surface area contributed by atoms with Crippen molar-refractivity contribution < 1.29 is 17.9 Å². The minimum Gasteiger partial charge on any atom is -0.486 e. The molecule has 142 valence electrons. The van der Waals surface area contributed by atoms with Crippen LogP contribution in [0.4, 0.5) is 13.2 Å². The van der Waals surface area contributed by atoms with E-state index in [0.29, 0.717) is 22.7 Å².